The Hall–Kier alpha value is -0.680. The molecule has 1 aromatic rings. The Labute approximate surface area is 123 Å². The molecule has 0 aliphatic carbocycles. The number of carbonyl (C=O) groups excluding carboxylic acids is 1. The molecule has 0 radical (unpaired) electrons. The van der Waals surface area contributed by atoms with Crippen LogP contribution in [0.5, 0.6) is 0 Å². The highest BCUT2D eigenvalue weighted by molar-refractivity contribution is 9.10. The second-order valence-electron chi connectivity index (χ2n) is 4.85. The van der Waals surface area contributed by atoms with Gasteiger partial charge in [0.25, 0.3) is 0 Å². The first-order chi connectivity index (χ1) is 9.13. The van der Waals surface area contributed by atoms with Crippen LogP contribution in [-0.2, 0) is 6.54 Å². The van der Waals surface area contributed by atoms with Crippen LogP contribution >= 0.6 is 15.9 Å². The highest BCUT2D eigenvalue weighted by Crippen LogP contribution is 2.22. The first kappa shape index (κ1) is 16.4. The maximum atomic E-state index is 12.3. The van der Waals surface area contributed by atoms with Gasteiger partial charge in [-0.05, 0) is 48.2 Å². The van der Waals surface area contributed by atoms with E-state index in [1.807, 2.05) is 6.92 Å². The van der Waals surface area contributed by atoms with Gasteiger partial charge >= 0.3 is 0 Å². The standard InChI is InChI=1S/C14H24BrN3O/c1-3-5-11(8-9-16)6-7-13(19)14-12(15)10-17-18(14)4-2/h10-11H,3-9,16H2,1-2H3. The fourth-order valence-electron chi connectivity index (χ4n) is 2.41. The first-order valence-electron chi connectivity index (χ1n) is 7.08. The number of ketones is 1. The molecular weight excluding hydrogens is 306 g/mol. The lowest BCUT2D eigenvalue weighted by molar-refractivity contribution is 0.0961. The molecule has 19 heavy (non-hydrogen) atoms. The second kappa shape index (κ2) is 8.48. The summed E-state index contributed by atoms with van der Waals surface area (Å²) in [4.78, 5) is 12.3. The summed E-state index contributed by atoms with van der Waals surface area (Å²) >= 11 is 3.40. The molecule has 0 saturated carbocycles. The predicted molar refractivity (Wildman–Crippen MR) is 81.2 cm³/mol. The summed E-state index contributed by atoms with van der Waals surface area (Å²) in [6, 6.07) is 0. The minimum atomic E-state index is 0.171. The number of Topliss-reactive ketones (excluding diaryl/α,β-unsaturated/α-hetero) is 1. The van der Waals surface area contributed by atoms with Crippen LogP contribution in [0.3, 0.4) is 0 Å². The molecule has 0 fully saturated rings. The van der Waals surface area contributed by atoms with E-state index in [9.17, 15) is 4.79 Å². The number of hydrogen-bond donors (Lipinski definition) is 1. The third-order valence-corrected chi connectivity index (χ3v) is 3.99. The number of aryl methyl sites for hydroxylation is 1. The van der Waals surface area contributed by atoms with E-state index in [0.29, 0.717) is 31.1 Å². The van der Waals surface area contributed by atoms with Crippen molar-refractivity contribution in [3.63, 3.8) is 0 Å². The molecule has 1 rings (SSSR count). The van der Waals surface area contributed by atoms with Gasteiger partial charge in [-0.25, -0.2) is 0 Å². The van der Waals surface area contributed by atoms with Gasteiger partial charge in [0.1, 0.15) is 5.69 Å². The Bertz CT molecular complexity index is 397. The van der Waals surface area contributed by atoms with E-state index in [1.165, 1.54) is 0 Å². The first-order valence-corrected chi connectivity index (χ1v) is 7.87. The molecule has 4 nitrogen and oxygen atoms in total. The molecule has 108 valence electrons. The number of carbonyl (C=O) groups is 1. The monoisotopic (exact) mass is 329 g/mol. The number of aromatic nitrogens is 2. The quantitative estimate of drug-likeness (QED) is 0.706. The van der Waals surface area contributed by atoms with Crippen molar-refractivity contribution in [2.24, 2.45) is 11.7 Å². The summed E-state index contributed by atoms with van der Waals surface area (Å²) in [5.74, 6) is 0.736. The van der Waals surface area contributed by atoms with Crippen molar-refractivity contribution in [1.82, 2.24) is 9.78 Å². The average Bonchev–Trinajstić information content (AvgIpc) is 2.77. The molecule has 1 aromatic heterocycles. The lowest BCUT2D eigenvalue weighted by Crippen LogP contribution is -2.14. The zero-order valence-electron chi connectivity index (χ0n) is 11.9. The van der Waals surface area contributed by atoms with Crippen LogP contribution in [0.2, 0.25) is 0 Å². The van der Waals surface area contributed by atoms with Gasteiger partial charge in [0.15, 0.2) is 5.78 Å². The van der Waals surface area contributed by atoms with Gasteiger partial charge < -0.3 is 5.73 Å². The molecule has 5 heteroatoms. The van der Waals surface area contributed by atoms with Gasteiger partial charge in [0.05, 0.1) is 10.7 Å². The molecule has 0 bridgehead atoms. The van der Waals surface area contributed by atoms with E-state index in [2.05, 4.69) is 28.0 Å². The van der Waals surface area contributed by atoms with Crippen LogP contribution in [0.25, 0.3) is 0 Å². The maximum Gasteiger partial charge on any atom is 0.182 e. The van der Waals surface area contributed by atoms with E-state index in [1.54, 1.807) is 10.9 Å². The number of hydrogen-bond acceptors (Lipinski definition) is 3. The Morgan fingerprint density at radius 2 is 2.16 bits per heavy atom. The lowest BCUT2D eigenvalue weighted by Gasteiger charge is -2.14. The highest BCUT2D eigenvalue weighted by atomic mass is 79.9. The molecule has 1 unspecified atom stereocenters. The highest BCUT2D eigenvalue weighted by Gasteiger charge is 2.18. The zero-order valence-corrected chi connectivity index (χ0v) is 13.4. The van der Waals surface area contributed by atoms with Crippen LogP contribution in [0.1, 0.15) is 56.4 Å². The summed E-state index contributed by atoms with van der Waals surface area (Å²) in [6.07, 6.45) is 6.50. The Balaban J connectivity index is 2.61. The number of nitrogens with two attached hydrogens (primary N) is 1. The largest absolute Gasteiger partial charge is 0.330 e. The van der Waals surface area contributed by atoms with E-state index >= 15 is 0 Å². The normalized spacial score (nSPS) is 12.6. The Kier molecular flexibility index (Phi) is 7.31. The van der Waals surface area contributed by atoms with Crippen molar-refractivity contribution in [2.45, 2.75) is 52.5 Å². The number of rotatable bonds is 9. The molecule has 1 heterocycles. The van der Waals surface area contributed by atoms with E-state index < -0.39 is 0 Å². The van der Waals surface area contributed by atoms with Crippen molar-refractivity contribution >= 4 is 21.7 Å². The van der Waals surface area contributed by atoms with Crippen LogP contribution in [0.4, 0.5) is 0 Å². The van der Waals surface area contributed by atoms with Crippen LogP contribution < -0.4 is 5.73 Å². The fraction of sp³-hybridized carbons (Fsp3) is 0.714. The van der Waals surface area contributed by atoms with Gasteiger partial charge in [-0.15, -0.1) is 0 Å². The van der Waals surface area contributed by atoms with Gasteiger partial charge in [0.2, 0.25) is 0 Å². The van der Waals surface area contributed by atoms with E-state index in [0.717, 1.165) is 30.2 Å². The van der Waals surface area contributed by atoms with Crippen LogP contribution in [0, 0.1) is 5.92 Å². The predicted octanol–water partition coefficient (Wildman–Crippen LogP) is 3.39. The van der Waals surface area contributed by atoms with Gasteiger partial charge in [-0.1, -0.05) is 19.8 Å². The Morgan fingerprint density at radius 3 is 2.74 bits per heavy atom. The molecule has 2 N–H and O–H groups in total. The van der Waals surface area contributed by atoms with E-state index in [-0.39, 0.29) is 5.78 Å². The molecule has 0 aliphatic rings. The van der Waals surface area contributed by atoms with Crippen LogP contribution in [0.15, 0.2) is 10.7 Å². The minimum absolute atomic E-state index is 0.171. The van der Waals surface area contributed by atoms with Crippen LogP contribution in [-0.4, -0.2) is 22.1 Å². The summed E-state index contributed by atoms with van der Waals surface area (Å²) in [5, 5.41) is 4.18. The van der Waals surface area contributed by atoms with Crippen molar-refractivity contribution in [3.8, 4) is 0 Å². The third kappa shape index (κ3) is 4.73. The van der Waals surface area contributed by atoms with Gasteiger partial charge in [0, 0.05) is 13.0 Å². The second-order valence-corrected chi connectivity index (χ2v) is 5.71. The third-order valence-electron chi connectivity index (χ3n) is 3.41. The maximum absolute atomic E-state index is 12.3. The van der Waals surface area contributed by atoms with Crippen molar-refractivity contribution in [3.05, 3.63) is 16.4 Å². The molecule has 0 aliphatic heterocycles. The zero-order chi connectivity index (χ0) is 14.3. The minimum Gasteiger partial charge on any atom is -0.330 e. The molecule has 0 spiro atoms. The van der Waals surface area contributed by atoms with Gasteiger partial charge in [-0.3, -0.25) is 9.48 Å². The molecule has 0 aromatic carbocycles. The van der Waals surface area contributed by atoms with Crippen molar-refractivity contribution in [1.29, 1.82) is 0 Å². The van der Waals surface area contributed by atoms with Crippen molar-refractivity contribution in [2.75, 3.05) is 6.54 Å². The number of halogens is 1. The van der Waals surface area contributed by atoms with Crippen molar-refractivity contribution < 1.29 is 4.79 Å². The molecule has 0 amide bonds. The lowest BCUT2D eigenvalue weighted by atomic mass is 9.93. The number of nitrogens with zero attached hydrogens (tertiary/aromatic N) is 2. The smallest absolute Gasteiger partial charge is 0.182 e. The summed E-state index contributed by atoms with van der Waals surface area (Å²) < 4.78 is 2.55. The average molecular weight is 330 g/mol. The molecule has 1 atom stereocenters. The topological polar surface area (TPSA) is 60.9 Å². The molecule has 0 saturated heterocycles. The summed E-state index contributed by atoms with van der Waals surface area (Å²) in [7, 11) is 0. The van der Waals surface area contributed by atoms with Gasteiger partial charge in [-0.2, -0.15) is 5.10 Å². The fourth-order valence-corrected chi connectivity index (χ4v) is 2.93. The Morgan fingerprint density at radius 1 is 1.42 bits per heavy atom. The summed E-state index contributed by atoms with van der Waals surface area (Å²) in [5.41, 5.74) is 6.32. The summed E-state index contributed by atoms with van der Waals surface area (Å²) in [6.45, 7) is 5.59. The molecular formula is C14H24BrN3O. The van der Waals surface area contributed by atoms with E-state index in [4.69, 9.17) is 5.73 Å². The SMILES string of the molecule is CCCC(CCN)CCC(=O)c1c(Br)cnn1CC.